The first-order chi connectivity index (χ1) is 8.09. The topological polar surface area (TPSA) is 33.2 Å². The Morgan fingerprint density at radius 3 is 2.71 bits per heavy atom. The second-order valence-corrected chi connectivity index (χ2v) is 4.86. The van der Waals surface area contributed by atoms with E-state index in [1.54, 1.807) is 31.3 Å². The van der Waals surface area contributed by atoms with Crippen molar-refractivity contribution in [3.63, 3.8) is 0 Å². The number of carbonyl (C=O) groups excluding carboxylic acids is 1. The van der Waals surface area contributed by atoms with Gasteiger partial charge in [-0.2, -0.15) is 0 Å². The third-order valence-electron chi connectivity index (χ3n) is 2.30. The number of thiazole rings is 1. The number of halogens is 1. The molecule has 0 radical (unpaired) electrons. The largest absolute Gasteiger partial charge is 0.287 e. The van der Waals surface area contributed by atoms with Gasteiger partial charge in [-0.15, -0.1) is 11.3 Å². The van der Waals surface area contributed by atoms with Gasteiger partial charge in [0, 0.05) is 12.4 Å². The smallest absolute Gasteiger partial charge is 0.261 e. The molecule has 1 amide bonds. The summed E-state index contributed by atoms with van der Waals surface area (Å²) in [5.41, 5.74) is 1.40. The van der Waals surface area contributed by atoms with Gasteiger partial charge in [-0.3, -0.25) is 9.69 Å². The maximum atomic E-state index is 12.2. The quantitative estimate of drug-likeness (QED) is 0.835. The van der Waals surface area contributed by atoms with Crippen LogP contribution in [0.1, 0.15) is 16.1 Å². The summed E-state index contributed by atoms with van der Waals surface area (Å²) in [6.07, 6.45) is 0. The minimum Gasteiger partial charge on any atom is -0.287 e. The molecule has 0 spiro atoms. The number of benzene rings is 1. The highest BCUT2D eigenvalue weighted by molar-refractivity contribution is 7.14. The molecule has 5 heteroatoms. The number of aromatic nitrogens is 1. The van der Waals surface area contributed by atoms with Crippen molar-refractivity contribution in [1.29, 1.82) is 0 Å². The summed E-state index contributed by atoms with van der Waals surface area (Å²) >= 11 is 7.43. The predicted molar refractivity (Wildman–Crippen MR) is 71.0 cm³/mol. The summed E-state index contributed by atoms with van der Waals surface area (Å²) in [5, 5.41) is 3.04. The second kappa shape index (κ2) is 4.85. The van der Waals surface area contributed by atoms with E-state index in [4.69, 9.17) is 11.6 Å². The Bertz CT molecular complexity index is 553. The lowest BCUT2D eigenvalue weighted by Gasteiger charge is -2.14. The molecule has 1 aromatic heterocycles. The van der Waals surface area contributed by atoms with E-state index in [2.05, 4.69) is 4.98 Å². The molecule has 0 saturated heterocycles. The number of anilines is 1. The zero-order chi connectivity index (χ0) is 12.4. The average Bonchev–Trinajstić information content (AvgIpc) is 2.75. The van der Waals surface area contributed by atoms with Crippen molar-refractivity contribution in [2.24, 2.45) is 0 Å². The van der Waals surface area contributed by atoms with Gasteiger partial charge in [0.05, 0.1) is 16.3 Å². The lowest BCUT2D eigenvalue weighted by atomic mass is 10.2. The zero-order valence-corrected chi connectivity index (χ0v) is 11.0. The average molecular weight is 267 g/mol. The number of hydrogen-bond donors (Lipinski definition) is 0. The van der Waals surface area contributed by atoms with Crippen molar-refractivity contribution < 1.29 is 4.79 Å². The third-order valence-corrected chi connectivity index (χ3v) is 3.67. The van der Waals surface area contributed by atoms with Crippen molar-refractivity contribution in [3.8, 4) is 0 Å². The minimum absolute atomic E-state index is 0.148. The minimum atomic E-state index is -0.148. The first-order valence-electron chi connectivity index (χ1n) is 5.04. The molecule has 0 bridgehead atoms. The first-order valence-corrected chi connectivity index (χ1v) is 6.30. The molecule has 0 aliphatic heterocycles. The number of nitrogens with zero attached hydrogens (tertiary/aromatic N) is 2. The van der Waals surface area contributed by atoms with Crippen LogP contribution in [0.15, 0.2) is 29.6 Å². The Kier molecular flexibility index (Phi) is 3.45. The lowest BCUT2D eigenvalue weighted by molar-refractivity contribution is 0.0993. The molecule has 1 aromatic carbocycles. The molecule has 0 fully saturated rings. The molecule has 0 saturated carbocycles. The monoisotopic (exact) mass is 266 g/mol. The van der Waals surface area contributed by atoms with E-state index in [1.807, 2.05) is 12.3 Å². The Hall–Kier alpha value is -1.39. The van der Waals surface area contributed by atoms with Gasteiger partial charge in [-0.1, -0.05) is 23.7 Å². The highest BCUT2D eigenvalue weighted by atomic mass is 35.5. The molecule has 0 atom stereocenters. The summed E-state index contributed by atoms with van der Waals surface area (Å²) in [6.45, 7) is 1.90. The summed E-state index contributed by atoms with van der Waals surface area (Å²) in [6, 6.07) is 7.00. The van der Waals surface area contributed by atoms with Crippen molar-refractivity contribution in [1.82, 2.24) is 4.98 Å². The molecular weight excluding hydrogens is 256 g/mol. The molecule has 0 unspecified atom stereocenters. The van der Waals surface area contributed by atoms with E-state index < -0.39 is 0 Å². The van der Waals surface area contributed by atoms with Gasteiger partial charge in [-0.05, 0) is 19.1 Å². The normalized spacial score (nSPS) is 10.3. The molecule has 0 aliphatic rings. The van der Waals surface area contributed by atoms with Crippen molar-refractivity contribution >= 4 is 34.0 Å². The molecule has 3 nitrogen and oxygen atoms in total. The molecular formula is C12H11ClN2OS. The summed E-state index contributed by atoms with van der Waals surface area (Å²) in [4.78, 5) is 18.0. The van der Waals surface area contributed by atoms with E-state index in [1.165, 1.54) is 16.2 Å². The highest BCUT2D eigenvalue weighted by Crippen LogP contribution is 2.23. The Balaban J connectivity index is 2.30. The fourth-order valence-electron chi connectivity index (χ4n) is 1.40. The Labute approximate surface area is 109 Å². The van der Waals surface area contributed by atoms with Crippen LogP contribution in [0.3, 0.4) is 0 Å². The second-order valence-electron chi connectivity index (χ2n) is 3.62. The fourth-order valence-corrected chi connectivity index (χ4v) is 2.38. The lowest BCUT2D eigenvalue weighted by Crippen LogP contribution is -2.26. The maximum Gasteiger partial charge on any atom is 0.261 e. The van der Waals surface area contributed by atoms with Crippen LogP contribution in [0.25, 0.3) is 0 Å². The SMILES string of the molecule is Cc1csc(N(C)C(=O)c2ccccc2Cl)n1. The standard InChI is InChI=1S/C12H11ClN2OS/c1-8-7-17-12(14-8)15(2)11(16)9-5-3-4-6-10(9)13/h3-7H,1-2H3. The van der Waals surface area contributed by atoms with E-state index in [-0.39, 0.29) is 5.91 Å². The van der Waals surface area contributed by atoms with E-state index in [9.17, 15) is 4.79 Å². The Morgan fingerprint density at radius 1 is 1.41 bits per heavy atom. The summed E-state index contributed by atoms with van der Waals surface area (Å²) in [7, 11) is 1.70. The van der Waals surface area contributed by atoms with Crippen LogP contribution in [0.2, 0.25) is 5.02 Å². The predicted octanol–water partition coefficient (Wildman–Crippen LogP) is 3.38. The molecule has 2 aromatic rings. The number of aryl methyl sites for hydroxylation is 1. The van der Waals surface area contributed by atoms with Crippen LogP contribution in [0, 0.1) is 6.92 Å². The van der Waals surface area contributed by atoms with Crippen LogP contribution in [-0.4, -0.2) is 17.9 Å². The summed E-state index contributed by atoms with van der Waals surface area (Å²) < 4.78 is 0. The zero-order valence-electron chi connectivity index (χ0n) is 9.48. The van der Waals surface area contributed by atoms with Gasteiger partial charge in [0.1, 0.15) is 0 Å². The molecule has 17 heavy (non-hydrogen) atoms. The van der Waals surface area contributed by atoms with Gasteiger partial charge in [0.25, 0.3) is 5.91 Å². The van der Waals surface area contributed by atoms with Crippen LogP contribution in [-0.2, 0) is 0 Å². The Morgan fingerprint density at radius 2 is 2.12 bits per heavy atom. The number of hydrogen-bond acceptors (Lipinski definition) is 3. The van der Waals surface area contributed by atoms with E-state index >= 15 is 0 Å². The number of rotatable bonds is 2. The van der Waals surface area contributed by atoms with Gasteiger partial charge in [0.2, 0.25) is 0 Å². The van der Waals surface area contributed by atoms with E-state index in [0.717, 1.165) is 5.69 Å². The van der Waals surface area contributed by atoms with Crippen LogP contribution < -0.4 is 4.90 Å². The highest BCUT2D eigenvalue weighted by Gasteiger charge is 2.17. The van der Waals surface area contributed by atoms with E-state index in [0.29, 0.717) is 15.7 Å². The fraction of sp³-hybridized carbons (Fsp3) is 0.167. The van der Waals surface area contributed by atoms with Gasteiger partial charge >= 0.3 is 0 Å². The van der Waals surface area contributed by atoms with Crippen molar-refractivity contribution in [3.05, 3.63) is 45.9 Å². The molecule has 1 heterocycles. The van der Waals surface area contributed by atoms with Gasteiger partial charge in [0.15, 0.2) is 5.13 Å². The van der Waals surface area contributed by atoms with Crippen molar-refractivity contribution in [2.75, 3.05) is 11.9 Å². The molecule has 88 valence electrons. The van der Waals surface area contributed by atoms with Gasteiger partial charge < -0.3 is 0 Å². The van der Waals surface area contributed by atoms with Crippen LogP contribution >= 0.6 is 22.9 Å². The molecule has 0 aliphatic carbocycles. The first kappa shape index (κ1) is 12.1. The molecule has 0 N–H and O–H groups in total. The van der Waals surface area contributed by atoms with Crippen molar-refractivity contribution in [2.45, 2.75) is 6.92 Å². The maximum absolute atomic E-state index is 12.2. The van der Waals surface area contributed by atoms with Gasteiger partial charge in [-0.25, -0.2) is 4.98 Å². The number of amides is 1. The number of carbonyl (C=O) groups is 1. The molecule has 2 rings (SSSR count). The summed E-state index contributed by atoms with van der Waals surface area (Å²) in [5.74, 6) is -0.148. The van der Waals surface area contributed by atoms with Crippen LogP contribution in [0.4, 0.5) is 5.13 Å². The van der Waals surface area contributed by atoms with Crippen LogP contribution in [0.5, 0.6) is 0 Å². The third kappa shape index (κ3) is 2.48.